The molecule has 0 radical (unpaired) electrons. The Kier molecular flexibility index (Phi) is 3.56. The molecule has 0 aromatic carbocycles. The summed E-state index contributed by atoms with van der Waals surface area (Å²) in [7, 11) is 1.68. The number of piperazine rings is 1. The van der Waals surface area contributed by atoms with Crippen LogP contribution in [0.25, 0.3) is 0 Å². The summed E-state index contributed by atoms with van der Waals surface area (Å²) in [5.74, 6) is 0. The zero-order chi connectivity index (χ0) is 13.4. The number of nitrogens with zero attached hydrogens (tertiary/aromatic N) is 1. The highest BCUT2D eigenvalue weighted by atomic mass is 16.6. The number of hydrogen-bond acceptors (Lipinski definition) is 4. The van der Waals surface area contributed by atoms with Gasteiger partial charge in [-0.2, -0.15) is 0 Å². The van der Waals surface area contributed by atoms with Gasteiger partial charge in [0.25, 0.3) is 0 Å². The fraction of sp³-hybridized carbons (Fsp3) is 0.923. The van der Waals surface area contributed by atoms with E-state index in [1.165, 1.54) is 0 Å². The van der Waals surface area contributed by atoms with Crippen LogP contribution in [0.4, 0.5) is 4.79 Å². The average Bonchev–Trinajstić information content (AvgIpc) is 2.44. The maximum Gasteiger partial charge on any atom is 0.411 e. The first-order valence-corrected chi connectivity index (χ1v) is 6.60. The Morgan fingerprint density at radius 2 is 2.22 bits per heavy atom. The van der Waals surface area contributed by atoms with E-state index < -0.39 is 5.60 Å². The summed E-state index contributed by atoms with van der Waals surface area (Å²) >= 11 is 0. The van der Waals surface area contributed by atoms with Crippen LogP contribution in [0.15, 0.2) is 0 Å². The van der Waals surface area contributed by atoms with Gasteiger partial charge >= 0.3 is 6.09 Å². The van der Waals surface area contributed by atoms with E-state index in [1.807, 2.05) is 25.7 Å². The molecule has 104 valence electrons. The molecule has 0 spiro atoms. The Balaban J connectivity index is 2.16. The number of nitrogens with one attached hydrogen (secondary N) is 1. The topological polar surface area (TPSA) is 50.8 Å². The summed E-state index contributed by atoms with van der Waals surface area (Å²) < 4.78 is 10.9. The molecule has 5 heteroatoms. The lowest BCUT2D eigenvalue weighted by Crippen LogP contribution is -2.64. The van der Waals surface area contributed by atoms with Crippen LogP contribution in [0.1, 0.15) is 33.6 Å². The van der Waals surface area contributed by atoms with Crippen molar-refractivity contribution in [3.63, 3.8) is 0 Å². The number of fused-ring (bicyclic) bond motifs is 2. The predicted molar refractivity (Wildman–Crippen MR) is 68.6 cm³/mol. The third-order valence-corrected chi connectivity index (χ3v) is 3.66. The van der Waals surface area contributed by atoms with E-state index in [0.717, 1.165) is 25.9 Å². The highest BCUT2D eigenvalue weighted by molar-refractivity contribution is 5.70. The number of hydrogen-bond donors (Lipinski definition) is 1. The van der Waals surface area contributed by atoms with Crippen molar-refractivity contribution in [3.05, 3.63) is 0 Å². The fourth-order valence-corrected chi connectivity index (χ4v) is 3.03. The molecule has 2 rings (SSSR count). The van der Waals surface area contributed by atoms with Gasteiger partial charge < -0.3 is 14.8 Å². The number of ether oxygens (including phenoxy) is 2. The summed E-state index contributed by atoms with van der Waals surface area (Å²) in [6.07, 6.45) is 1.80. The second-order valence-corrected chi connectivity index (χ2v) is 6.33. The van der Waals surface area contributed by atoms with Gasteiger partial charge in [-0.3, -0.25) is 4.90 Å². The molecule has 0 aromatic heterocycles. The lowest BCUT2D eigenvalue weighted by atomic mass is 9.97. The SMILES string of the molecule is COC[C@@]12CC[C@@H](CNC1)N2C(=O)OC(C)(C)C. The maximum atomic E-state index is 12.4. The average molecular weight is 256 g/mol. The molecule has 2 aliphatic heterocycles. The summed E-state index contributed by atoms with van der Waals surface area (Å²) in [5, 5.41) is 3.39. The molecule has 2 saturated heterocycles. The summed E-state index contributed by atoms with van der Waals surface area (Å²) in [5.41, 5.74) is -0.671. The first kappa shape index (κ1) is 13.6. The van der Waals surface area contributed by atoms with Gasteiger partial charge in [-0.1, -0.05) is 0 Å². The van der Waals surface area contributed by atoms with Gasteiger partial charge in [0.05, 0.1) is 12.1 Å². The molecule has 0 aliphatic carbocycles. The zero-order valence-corrected chi connectivity index (χ0v) is 11.8. The first-order chi connectivity index (χ1) is 8.38. The minimum Gasteiger partial charge on any atom is -0.444 e. The van der Waals surface area contributed by atoms with Crippen LogP contribution in [0.3, 0.4) is 0 Å². The van der Waals surface area contributed by atoms with Crippen molar-refractivity contribution in [1.29, 1.82) is 0 Å². The Hall–Kier alpha value is -0.810. The molecule has 0 aromatic rings. The third-order valence-electron chi connectivity index (χ3n) is 3.66. The predicted octanol–water partition coefficient (Wildman–Crippen LogP) is 1.37. The van der Waals surface area contributed by atoms with Gasteiger partial charge in [0.1, 0.15) is 5.60 Å². The molecule has 2 heterocycles. The van der Waals surface area contributed by atoms with Gasteiger partial charge in [0.2, 0.25) is 0 Å². The Labute approximate surface area is 109 Å². The standard InChI is InChI=1S/C13H24N2O3/c1-12(2,3)18-11(16)15-10-5-6-13(15,9-17-4)8-14-7-10/h10,14H,5-9H2,1-4H3/t10-,13+/m0/s1. The van der Waals surface area contributed by atoms with Crippen molar-refractivity contribution >= 4 is 6.09 Å². The lowest BCUT2D eigenvalue weighted by Gasteiger charge is -2.44. The van der Waals surface area contributed by atoms with Crippen LogP contribution in [-0.4, -0.2) is 55.0 Å². The van der Waals surface area contributed by atoms with Crippen LogP contribution >= 0.6 is 0 Å². The lowest BCUT2D eigenvalue weighted by molar-refractivity contribution is -0.0305. The van der Waals surface area contributed by atoms with Crippen LogP contribution in [-0.2, 0) is 9.47 Å². The van der Waals surface area contributed by atoms with Crippen molar-refractivity contribution in [2.45, 2.75) is 50.8 Å². The number of amides is 1. The Morgan fingerprint density at radius 1 is 1.50 bits per heavy atom. The Bertz CT molecular complexity index is 317. The molecular formula is C13H24N2O3. The van der Waals surface area contributed by atoms with Crippen molar-refractivity contribution in [2.24, 2.45) is 0 Å². The second kappa shape index (κ2) is 4.70. The van der Waals surface area contributed by atoms with E-state index in [2.05, 4.69) is 5.32 Å². The van der Waals surface area contributed by atoms with E-state index in [-0.39, 0.29) is 17.7 Å². The van der Waals surface area contributed by atoms with Gasteiger partial charge in [-0.05, 0) is 33.6 Å². The van der Waals surface area contributed by atoms with E-state index in [1.54, 1.807) is 7.11 Å². The summed E-state index contributed by atoms with van der Waals surface area (Å²) in [4.78, 5) is 14.3. The molecule has 2 aliphatic rings. The monoisotopic (exact) mass is 256 g/mol. The van der Waals surface area contributed by atoms with Crippen molar-refractivity contribution in [1.82, 2.24) is 10.2 Å². The molecular weight excluding hydrogens is 232 g/mol. The largest absolute Gasteiger partial charge is 0.444 e. The number of methoxy groups -OCH3 is 1. The van der Waals surface area contributed by atoms with Crippen LogP contribution in [0, 0.1) is 0 Å². The van der Waals surface area contributed by atoms with E-state index in [0.29, 0.717) is 6.61 Å². The van der Waals surface area contributed by atoms with Crippen LogP contribution in [0.5, 0.6) is 0 Å². The van der Waals surface area contributed by atoms with Gasteiger partial charge in [-0.15, -0.1) is 0 Å². The molecule has 2 fully saturated rings. The first-order valence-electron chi connectivity index (χ1n) is 6.60. The Morgan fingerprint density at radius 3 is 2.83 bits per heavy atom. The van der Waals surface area contributed by atoms with E-state index in [4.69, 9.17) is 9.47 Å². The van der Waals surface area contributed by atoms with Gasteiger partial charge in [0.15, 0.2) is 0 Å². The highest BCUT2D eigenvalue weighted by Crippen LogP contribution is 2.37. The smallest absolute Gasteiger partial charge is 0.411 e. The van der Waals surface area contributed by atoms with Crippen molar-refractivity contribution < 1.29 is 14.3 Å². The second-order valence-electron chi connectivity index (χ2n) is 6.33. The quantitative estimate of drug-likeness (QED) is 0.811. The van der Waals surface area contributed by atoms with Crippen LogP contribution in [0.2, 0.25) is 0 Å². The maximum absolute atomic E-state index is 12.4. The van der Waals surface area contributed by atoms with Crippen LogP contribution < -0.4 is 5.32 Å². The highest BCUT2D eigenvalue weighted by Gasteiger charge is 2.52. The number of carbonyl (C=O) groups is 1. The third kappa shape index (κ3) is 2.47. The molecule has 1 N–H and O–H groups in total. The normalized spacial score (nSPS) is 31.6. The number of carbonyl (C=O) groups excluding carboxylic acids is 1. The van der Waals surface area contributed by atoms with Crippen molar-refractivity contribution in [2.75, 3.05) is 26.8 Å². The molecule has 5 nitrogen and oxygen atoms in total. The minimum atomic E-state index is -0.449. The van der Waals surface area contributed by atoms with Gasteiger partial charge in [0, 0.05) is 26.2 Å². The summed E-state index contributed by atoms with van der Waals surface area (Å²) in [6.45, 7) is 7.91. The van der Waals surface area contributed by atoms with Gasteiger partial charge in [-0.25, -0.2) is 4.79 Å². The minimum absolute atomic E-state index is 0.205. The number of rotatable bonds is 2. The van der Waals surface area contributed by atoms with E-state index >= 15 is 0 Å². The fourth-order valence-electron chi connectivity index (χ4n) is 3.03. The van der Waals surface area contributed by atoms with Crippen molar-refractivity contribution in [3.8, 4) is 0 Å². The molecule has 0 saturated carbocycles. The molecule has 0 unspecified atom stereocenters. The zero-order valence-electron chi connectivity index (χ0n) is 11.8. The summed E-state index contributed by atoms with van der Waals surface area (Å²) in [6, 6.07) is 0.240. The molecule has 1 amide bonds. The molecule has 18 heavy (non-hydrogen) atoms. The molecule has 2 atom stereocenters. The van der Waals surface area contributed by atoms with E-state index in [9.17, 15) is 4.79 Å². The molecule has 2 bridgehead atoms.